The van der Waals surface area contributed by atoms with Crippen LogP contribution in [-0.2, 0) is 48.8 Å². The third-order valence-electron chi connectivity index (χ3n) is 7.97. The van der Waals surface area contributed by atoms with Crippen LogP contribution in [0.1, 0.15) is 33.4 Å². The molecule has 0 fully saturated rings. The van der Waals surface area contributed by atoms with Gasteiger partial charge in [0.15, 0.2) is 23.0 Å². The topological polar surface area (TPSA) is 63.2 Å². The normalized spacial score (nSPS) is 10.6. The van der Waals surface area contributed by atoms with Gasteiger partial charge in [0, 0.05) is 6.42 Å². The largest absolute Gasteiger partial charge is 0.485 e. The summed E-state index contributed by atoms with van der Waals surface area (Å²) in [5, 5.41) is 0. The highest BCUT2D eigenvalue weighted by Crippen LogP contribution is 2.32. The van der Waals surface area contributed by atoms with Crippen LogP contribution in [0.3, 0.4) is 0 Å². The number of benzene rings is 6. The van der Waals surface area contributed by atoms with E-state index in [9.17, 15) is 4.79 Å². The van der Waals surface area contributed by atoms with Crippen molar-refractivity contribution in [2.45, 2.75) is 39.3 Å². The molecule has 0 spiro atoms. The van der Waals surface area contributed by atoms with Crippen molar-refractivity contribution < 1.29 is 28.5 Å². The molecule has 0 saturated carbocycles. The van der Waals surface area contributed by atoms with Crippen molar-refractivity contribution >= 4 is 5.97 Å². The van der Waals surface area contributed by atoms with Gasteiger partial charge in [-0.15, -0.1) is 0 Å². The van der Waals surface area contributed by atoms with Crippen LogP contribution in [0.15, 0.2) is 158 Å². The maximum Gasteiger partial charge on any atom is 0.310 e. The first-order valence-electron chi connectivity index (χ1n) is 16.8. The fourth-order valence-electron chi connectivity index (χ4n) is 5.28. The summed E-state index contributed by atoms with van der Waals surface area (Å²) < 4.78 is 30.3. The van der Waals surface area contributed by atoms with Gasteiger partial charge >= 0.3 is 5.97 Å². The van der Waals surface area contributed by atoms with Gasteiger partial charge in [0.2, 0.25) is 0 Å². The lowest BCUT2D eigenvalue weighted by Gasteiger charge is -2.15. The Morgan fingerprint density at radius 2 is 0.740 bits per heavy atom. The summed E-state index contributed by atoms with van der Waals surface area (Å²) in [5.74, 6) is 2.18. The molecule has 0 aliphatic carbocycles. The molecule has 252 valence electrons. The smallest absolute Gasteiger partial charge is 0.310 e. The Morgan fingerprint density at radius 3 is 1.16 bits per heavy atom. The Balaban J connectivity index is 1.06. The van der Waals surface area contributed by atoms with E-state index in [4.69, 9.17) is 23.7 Å². The standard InChI is InChI=1S/C44H40O6/c45-44(29-39-22-24-41(48-31-36-15-7-2-8-16-36)43(28-39)50-33-38-19-11-4-12-20-38)46-26-25-34-21-23-40(47-30-35-13-5-1-6-14-35)42(27-34)49-32-37-17-9-3-10-18-37/h1-24,27-28H,25-26,29-33H2. The summed E-state index contributed by atoms with van der Waals surface area (Å²) >= 11 is 0. The Morgan fingerprint density at radius 1 is 0.380 bits per heavy atom. The van der Waals surface area contributed by atoms with E-state index in [0.29, 0.717) is 55.8 Å². The lowest BCUT2D eigenvalue weighted by atomic mass is 10.1. The molecule has 6 heteroatoms. The highest BCUT2D eigenvalue weighted by atomic mass is 16.5. The Kier molecular flexibility index (Phi) is 12.2. The predicted octanol–water partition coefficient (Wildman–Crippen LogP) is 9.33. The van der Waals surface area contributed by atoms with Crippen LogP contribution < -0.4 is 18.9 Å². The zero-order valence-electron chi connectivity index (χ0n) is 27.9. The molecular formula is C44H40O6. The lowest BCUT2D eigenvalue weighted by Crippen LogP contribution is -2.11. The number of rotatable bonds is 17. The molecule has 6 nitrogen and oxygen atoms in total. The minimum Gasteiger partial charge on any atom is -0.485 e. The van der Waals surface area contributed by atoms with E-state index < -0.39 is 0 Å². The molecular weight excluding hydrogens is 624 g/mol. The number of esters is 1. The van der Waals surface area contributed by atoms with E-state index in [1.54, 1.807) is 0 Å². The van der Waals surface area contributed by atoms with Crippen molar-refractivity contribution in [2.75, 3.05) is 6.61 Å². The van der Waals surface area contributed by atoms with E-state index in [-0.39, 0.29) is 19.0 Å². The molecule has 0 unspecified atom stereocenters. The van der Waals surface area contributed by atoms with Gasteiger partial charge in [-0.1, -0.05) is 133 Å². The molecule has 50 heavy (non-hydrogen) atoms. The van der Waals surface area contributed by atoms with Gasteiger partial charge < -0.3 is 23.7 Å². The van der Waals surface area contributed by atoms with E-state index in [1.807, 2.05) is 158 Å². The zero-order chi connectivity index (χ0) is 34.2. The van der Waals surface area contributed by atoms with Gasteiger partial charge in [-0.2, -0.15) is 0 Å². The third-order valence-corrected chi connectivity index (χ3v) is 7.97. The van der Waals surface area contributed by atoms with Gasteiger partial charge in [-0.25, -0.2) is 0 Å². The van der Waals surface area contributed by atoms with Gasteiger partial charge in [0.25, 0.3) is 0 Å². The second kappa shape index (κ2) is 17.9. The van der Waals surface area contributed by atoms with Gasteiger partial charge in [-0.3, -0.25) is 4.79 Å². The third kappa shape index (κ3) is 10.5. The molecule has 6 rings (SSSR count). The summed E-state index contributed by atoms with van der Waals surface area (Å²) in [4.78, 5) is 13.0. The molecule has 0 N–H and O–H groups in total. The molecule has 0 amide bonds. The minimum absolute atomic E-state index is 0.109. The lowest BCUT2D eigenvalue weighted by molar-refractivity contribution is -0.142. The van der Waals surface area contributed by atoms with Crippen LogP contribution in [-0.4, -0.2) is 12.6 Å². The van der Waals surface area contributed by atoms with Crippen molar-refractivity contribution in [3.05, 3.63) is 191 Å². The molecule has 0 radical (unpaired) electrons. The maximum atomic E-state index is 13.0. The summed E-state index contributed by atoms with van der Waals surface area (Å²) in [6, 6.07) is 51.4. The second-order valence-electron chi connectivity index (χ2n) is 11.8. The van der Waals surface area contributed by atoms with Crippen LogP contribution in [0.4, 0.5) is 0 Å². The van der Waals surface area contributed by atoms with Crippen molar-refractivity contribution in [3.8, 4) is 23.0 Å². The maximum absolute atomic E-state index is 13.0. The summed E-state index contributed by atoms with van der Waals surface area (Å²) in [7, 11) is 0. The number of hydrogen-bond acceptors (Lipinski definition) is 6. The Labute approximate surface area is 293 Å². The van der Waals surface area contributed by atoms with Crippen molar-refractivity contribution in [1.82, 2.24) is 0 Å². The van der Waals surface area contributed by atoms with E-state index >= 15 is 0 Å². The van der Waals surface area contributed by atoms with E-state index in [1.165, 1.54) is 0 Å². The molecule has 0 aliphatic heterocycles. The number of carbonyl (C=O) groups is 1. The van der Waals surface area contributed by atoms with Crippen molar-refractivity contribution in [3.63, 3.8) is 0 Å². The molecule has 0 aromatic heterocycles. The zero-order valence-corrected chi connectivity index (χ0v) is 27.9. The predicted molar refractivity (Wildman–Crippen MR) is 194 cm³/mol. The van der Waals surface area contributed by atoms with Crippen LogP contribution in [0.25, 0.3) is 0 Å². The fraction of sp³-hybridized carbons (Fsp3) is 0.159. The highest BCUT2D eigenvalue weighted by molar-refractivity contribution is 5.73. The average Bonchev–Trinajstić information content (AvgIpc) is 3.17. The molecule has 0 bridgehead atoms. The van der Waals surface area contributed by atoms with Gasteiger partial charge in [0.05, 0.1) is 13.0 Å². The first-order valence-corrected chi connectivity index (χ1v) is 16.8. The molecule has 0 saturated heterocycles. The first-order chi connectivity index (χ1) is 24.7. The monoisotopic (exact) mass is 664 g/mol. The van der Waals surface area contributed by atoms with Crippen molar-refractivity contribution in [1.29, 1.82) is 0 Å². The molecule has 0 aliphatic rings. The van der Waals surface area contributed by atoms with Crippen LogP contribution in [0, 0.1) is 0 Å². The van der Waals surface area contributed by atoms with E-state index in [2.05, 4.69) is 0 Å². The Bertz CT molecular complexity index is 1910. The van der Waals surface area contributed by atoms with Crippen LogP contribution in [0.5, 0.6) is 23.0 Å². The first kappa shape index (κ1) is 33.9. The number of hydrogen-bond donors (Lipinski definition) is 0. The average molecular weight is 665 g/mol. The highest BCUT2D eigenvalue weighted by Gasteiger charge is 2.13. The minimum atomic E-state index is -0.319. The van der Waals surface area contributed by atoms with Gasteiger partial charge in [0.1, 0.15) is 26.4 Å². The second-order valence-corrected chi connectivity index (χ2v) is 11.8. The summed E-state index contributed by atoms with van der Waals surface area (Å²) in [5.41, 5.74) is 5.98. The quantitative estimate of drug-likeness (QED) is 0.0906. The van der Waals surface area contributed by atoms with Crippen LogP contribution >= 0.6 is 0 Å². The molecule has 6 aromatic carbocycles. The fourth-order valence-corrected chi connectivity index (χ4v) is 5.28. The summed E-state index contributed by atoms with van der Waals surface area (Å²) in [6.07, 6.45) is 0.641. The SMILES string of the molecule is O=C(Cc1ccc(OCc2ccccc2)c(OCc2ccccc2)c1)OCCc1ccc(OCc2ccccc2)c(OCc2ccccc2)c1. The summed E-state index contributed by atoms with van der Waals surface area (Å²) in [6.45, 7) is 1.86. The molecule has 0 atom stereocenters. The molecule has 6 aromatic rings. The van der Waals surface area contributed by atoms with Crippen LogP contribution in [0.2, 0.25) is 0 Å². The van der Waals surface area contributed by atoms with E-state index in [0.717, 1.165) is 33.4 Å². The molecule has 0 heterocycles. The number of carbonyl (C=O) groups excluding carboxylic acids is 1. The Hall–Kier alpha value is -6.01. The van der Waals surface area contributed by atoms with Crippen molar-refractivity contribution in [2.24, 2.45) is 0 Å². The van der Waals surface area contributed by atoms with Gasteiger partial charge in [-0.05, 0) is 57.6 Å². The number of ether oxygens (including phenoxy) is 5.